The van der Waals surface area contributed by atoms with E-state index in [1.807, 2.05) is 18.2 Å². The SMILES string of the molecule is COCc1cccc(-c2noc(CN)n2)c1OC. The van der Waals surface area contributed by atoms with Crippen LogP contribution in [0.25, 0.3) is 11.4 Å². The van der Waals surface area contributed by atoms with Crippen molar-refractivity contribution >= 4 is 0 Å². The molecule has 0 aliphatic carbocycles. The van der Waals surface area contributed by atoms with Gasteiger partial charge in [-0.05, 0) is 6.07 Å². The fourth-order valence-corrected chi connectivity index (χ4v) is 1.72. The third-order valence-electron chi connectivity index (χ3n) is 2.48. The molecule has 2 rings (SSSR count). The quantitative estimate of drug-likeness (QED) is 0.861. The molecule has 6 heteroatoms. The third kappa shape index (κ3) is 2.34. The predicted octanol–water partition coefficient (Wildman–Crippen LogP) is 1.35. The van der Waals surface area contributed by atoms with Crippen molar-refractivity contribution in [2.45, 2.75) is 13.2 Å². The van der Waals surface area contributed by atoms with Crippen molar-refractivity contribution in [2.75, 3.05) is 14.2 Å². The van der Waals surface area contributed by atoms with Crippen LogP contribution in [-0.4, -0.2) is 24.4 Å². The highest BCUT2D eigenvalue weighted by atomic mass is 16.5. The Morgan fingerprint density at radius 2 is 2.17 bits per heavy atom. The van der Waals surface area contributed by atoms with E-state index in [0.29, 0.717) is 24.1 Å². The molecule has 0 aliphatic heterocycles. The van der Waals surface area contributed by atoms with Gasteiger partial charge < -0.3 is 19.7 Å². The van der Waals surface area contributed by atoms with Crippen LogP contribution in [0.2, 0.25) is 0 Å². The van der Waals surface area contributed by atoms with Gasteiger partial charge in [0.25, 0.3) is 0 Å². The molecule has 0 aliphatic rings. The number of aromatic nitrogens is 2. The number of rotatable bonds is 5. The summed E-state index contributed by atoms with van der Waals surface area (Å²) in [6, 6.07) is 5.68. The smallest absolute Gasteiger partial charge is 0.240 e. The van der Waals surface area contributed by atoms with Gasteiger partial charge in [-0.15, -0.1) is 0 Å². The van der Waals surface area contributed by atoms with Crippen molar-refractivity contribution in [1.29, 1.82) is 0 Å². The lowest BCUT2D eigenvalue weighted by Crippen LogP contribution is -1.98. The highest BCUT2D eigenvalue weighted by molar-refractivity contribution is 5.66. The summed E-state index contributed by atoms with van der Waals surface area (Å²) in [5.41, 5.74) is 7.13. The number of methoxy groups -OCH3 is 2. The fraction of sp³-hybridized carbons (Fsp3) is 0.333. The van der Waals surface area contributed by atoms with E-state index in [9.17, 15) is 0 Å². The van der Waals surface area contributed by atoms with Gasteiger partial charge >= 0.3 is 0 Å². The Balaban J connectivity index is 2.46. The molecule has 0 amide bonds. The monoisotopic (exact) mass is 249 g/mol. The van der Waals surface area contributed by atoms with Crippen LogP contribution >= 0.6 is 0 Å². The lowest BCUT2D eigenvalue weighted by molar-refractivity contribution is 0.181. The van der Waals surface area contributed by atoms with Crippen molar-refractivity contribution in [2.24, 2.45) is 5.73 Å². The maximum Gasteiger partial charge on any atom is 0.240 e. The van der Waals surface area contributed by atoms with Gasteiger partial charge in [0.05, 0.1) is 25.8 Å². The minimum absolute atomic E-state index is 0.215. The number of hydrogen-bond acceptors (Lipinski definition) is 6. The summed E-state index contributed by atoms with van der Waals surface area (Å²) in [6.07, 6.45) is 0. The molecule has 0 atom stereocenters. The zero-order valence-electron chi connectivity index (χ0n) is 10.3. The van der Waals surface area contributed by atoms with E-state index >= 15 is 0 Å². The van der Waals surface area contributed by atoms with Gasteiger partial charge in [-0.2, -0.15) is 4.98 Å². The van der Waals surface area contributed by atoms with Crippen LogP contribution in [0.5, 0.6) is 5.75 Å². The molecular weight excluding hydrogens is 234 g/mol. The summed E-state index contributed by atoms with van der Waals surface area (Å²) in [5.74, 6) is 1.54. The summed E-state index contributed by atoms with van der Waals surface area (Å²) in [5, 5.41) is 3.88. The summed E-state index contributed by atoms with van der Waals surface area (Å²) >= 11 is 0. The first-order valence-electron chi connectivity index (χ1n) is 5.48. The number of nitrogens with two attached hydrogens (primary N) is 1. The minimum Gasteiger partial charge on any atom is -0.496 e. The lowest BCUT2D eigenvalue weighted by Gasteiger charge is -2.10. The first-order chi connectivity index (χ1) is 8.80. The van der Waals surface area contributed by atoms with Crippen LogP contribution in [0, 0.1) is 0 Å². The van der Waals surface area contributed by atoms with E-state index in [0.717, 1.165) is 11.1 Å². The van der Waals surface area contributed by atoms with E-state index < -0.39 is 0 Å². The number of benzene rings is 1. The zero-order chi connectivity index (χ0) is 13.0. The highest BCUT2D eigenvalue weighted by Gasteiger charge is 2.15. The summed E-state index contributed by atoms with van der Waals surface area (Å²) in [7, 11) is 3.23. The molecule has 0 saturated heterocycles. The Kier molecular flexibility index (Phi) is 3.91. The van der Waals surface area contributed by atoms with Crippen LogP contribution in [0.4, 0.5) is 0 Å². The van der Waals surface area contributed by atoms with Crippen LogP contribution in [0.15, 0.2) is 22.7 Å². The second kappa shape index (κ2) is 5.61. The molecular formula is C12H15N3O3. The predicted molar refractivity (Wildman–Crippen MR) is 64.9 cm³/mol. The molecule has 0 saturated carbocycles. The first-order valence-corrected chi connectivity index (χ1v) is 5.48. The summed E-state index contributed by atoms with van der Waals surface area (Å²) in [4.78, 5) is 4.19. The molecule has 96 valence electrons. The Morgan fingerprint density at radius 1 is 1.33 bits per heavy atom. The topological polar surface area (TPSA) is 83.4 Å². The Morgan fingerprint density at radius 3 is 2.78 bits per heavy atom. The molecule has 2 N–H and O–H groups in total. The lowest BCUT2D eigenvalue weighted by atomic mass is 10.1. The molecule has 1 heterocycles. The molecule has 2 aromatic rings. The second-order valence-corrected chi connectivity index (χ2v) is 3.65. The zero-order valence-corrected chi connectivity index (χ0v) is 10.3. The number of ether oxygens (including phenoxy) is 2. The van der Waals surface area contributed by atoms with Crippen molar-refractivity contribution in [3.8, 4) is 17.1 Å². The largest absolute Gasteiger partial charge is 0.496 e. The molecule has 0 fully saturated rings. The van der Waals surface area contributed by atoms with Crippen molar-refractivity contribution < 1.29 is 14.0 Å². The van der Waals surface area contributed by atoms with E-state index in [-0.39, 0.29) is 6.54 Å². The van der Waals surface area contributed by atoms with E-state index in [4.69, 9.17) is 19.7 Å². The van der Waals surface area contributed by atoms with Gasteiger partial charge in [-0.1, -0.05) is 17.3 Å². The molecule has 0 bridgehead atoms. The summed E-state index contributed by atoms with van der Waals surface area (Å²) in [6.45, 7) is 0.672. The average molecular weight is 249 g/mol. The standard InChI is InChI=1S/C12H15N3O3/c1-16-7-8-4-3-5-9(11(8)17-2)12-14-10(6-13)18-15-12/h3-5H,6-7,13H2,1-2H3. The van der Waals surface area contributed by atoms with Crippen molar-refractivity contribution in [3.05, 3.63) is 29.7 Å². The Labute approximate surface area is 105 Å². The maximum absolute atomic E-state index is 5.44. The average Bonchev–Trinajstić information content (AvgIpc) is 2.87. The Hall–Kier alpha value is -1.92. The number of hydrogen-bond donors (Lipinski definition) is 1. The van der Waals surface area contributed by atoms with Gasteiger partial charge in [-0.25, -0.2) is 0 Å². The number of nitrogens with zero attached hydrogens (tertiary/aromatic N) is 2. The van der Waals surface area contributed by atoms with Crippen LogP contribution < -0.4 is 10.5 Å². The second-order valence-electron chi connectivity index (χ2n) is 3.65. The fourth-order valence-electron chi connectivity index (χ4n) is 1.72. The molecule has 6 nitrogen and oxygen atoms in total. The van der Waals surface area contributed by atoms with Crippen molar-refractivity contribution in [1.82, 2.24) is 10.1 Å². The molecule has 0 unspecified atom stereocenters. The normalized spacial score (nSPS) is 10.6. The van der Waals surface area contributed by atoms with Gasteiger partial charge in [0.1, 0.15) is 5.75 Å². The highest BCUT2D eigenvalue weighted by Crippen LogP contribution is 2.31. The van der Waals surface area contributed by atoms with Crippen LogP contribution in [-0.2, 0) is 17.9 Å². The van der Waals surface area contributed by atoms with E-state index in [1.165, 1.54) is 0 Å². The number of para-hydroxylation sites is 1. The maximum atomic E-state index is 5.44. The molecule has 18 heavy (non-hydrogen) atoms. The van der Waals surface area contributed by atoms with Gasteiger partial charge in [0.2, 0.25) is 11.7 Å². The minimum atomic E-state index is 0.215. The van der Waals surface area contributed by atoms with E-state index in [2.05, 4.69) is 10.1 Å². The summed E-state index contributed by atoms with van der Waals surface area (Å²) < 4.78 is 15.5. The van der Waals surface area contributed by atoms with Crippen LogP contribution in [0.1, 0.15) is 11.5 Å². The molecule has 0 radical (unpaired) electrons. The van der Waals surface area contributed by atoms with Gasteiger partial charge in [-0.3, -0.25) is 0 Å². The van der Waals surface area contributed by atoms with Gasteiger partial charge in [0, 0.05) is 12.7 Å². The van der Waals surface area contributed by atoms with Crippen molar-refractivity contribution in [3.63, 3.8) is 0 Å². The molecule has 1 aromatic heterocycles. The van der Waals surface area contributed by atoms with E-state index in [1.54, 1.807) is 14.2 Å². The molecule has 0 spiro atoms. The van der Waals surface area contributed by atoms with Gasteiger partial charge in [0.15, 0.2) is 0 Å². The first kappa shape index (κ1) is 12.5. The molecule has 1 aromatic carbocycles. The third-order valence-corrected chi connectivity index (χ3v) is 2.48. The Bertz CT molecular complexity index is 525. The van der Waals surface area contributed by atoms with Crippen LogP contribution in [0.3, 0.4) is 0 Å².